The van der Waals surface area contributed by atoms with Gasteiger partial charge in [-0.1, -0.05) is 24.3 Å². The van der Waals surface area contributed by atoms with Crippen LogP contribution in [0, 0.1) is 0 Å². The van der Waals surface area contributed by atoms with Gasteiger partial charge in [-0.3, -0.25) is 0 Å². The van der Waals surface area contributed by atoms with Gasteiger partial charge in [-0.2, -0.15) is 5.10 Å². The van der Waals surface area contributed by atoms with Gasteiger partial charge < -0.3 is 15.1 Å². The molecule has 0 radical (unpaired) electrons. The van der Waals surface area contributed by atoms with Crippen LogP contribution in [0.4, 0.5) is 0 Å². The first-order valence-electron chi connectivity index (χ1n) is 8.78. The van der Waals surface area contributed by atoms with Crippen molar-refractivity contribution < 1.29 is 4.42 Å². The highest BCUT2D eigenvalue weighted by atomic mass is 16.3. The van der Waals surface area contributed by atoms with E-state index in [0.29, 0.717) is 13.1 Å². The number of hydrogen-bond acceptors (Lipinski definition) is 4. The Morgan fingerprint density at radius 3 is 2.88 bits per heavy atom. The van der Waals surface area contributed by atoms with Crippen LogP contribution < -0.4 is 10.6 Å². The van der Waals surface area contributed by atoms with Crippen LogP contribution in [0.1, 0.15) is 23.8 Å². The van der Waals surface area contributed by atoms with Gasteiger partial charge in [0, 0.05) is 19.5 Å². The SMILES string of the molecule is CCNC(=NCc1cccc(Cn2cncn2)c1)NCCc1ccco1. The summed E-state index contributed by atoms with van der Waals surface area (Å²) in [7, 11) is 0. The standard InChI is InChI=1S/C19H24N6O/c1-2-21-19(22-9-8-18-7-4-10-26-18)23-12-16-5-3-6-17(11-16)13-25-15-20-14-24-25/h3-7,10-11,14-15H,2,8-9,12-13H2,1H3,(H2,21,22,23). The van der Waals surface area contributed by atoms with Gasteiger partial charge in [-0.25, -0.2) is 14.7 Å². The average Bonchev–Trinajstić information content (AvgIpc) is 3.34. The molecule has 2 aromatic heterocycles. The minimum Gasteiger partial charge on any atom is -0.469 e. The Morgan fingerprint density at radius 2 is 2.12 bits per heavy atom. The van der Waals surface area contributed by atoms with Crippen LogP contribution in [0.25, 0.3) is 0 Å². The molecule has 0 saturated carbocycles. The Kier molecular flexibility index (Phi) is 6.41. The Hall–Kier alpha value is -3.09. The van der Waals surface area contributed by atoms with Crippen molar-refractivity contribution in [1.29, 1.82) is 0 Å². The van der Waals surface area contributed by atoms with E-state index in [1.54, 1.807) is 18.9 Å². The lowest BCUT2D eigenvalue weighted by atomic mass is 10.1. The molecule has 0 fully saturated rings. The van der Waals surface area contributed by atoms with Crippen molar-refractivity contribution in [2.75, 3.05) is 13.1 Å². The van der Waals surface area contributed by atoms with Crippen molar-refractivity contribution in [3.8, 4) is 0 Å². The molecule has 0 unspecified atom stereocenters. The van der Waals surface area contributed by atoms with E-state index in [-0.39, 0.29) is 0 Å². The molecular weight excluding hydrogens is 328 g/mol. The van der Waals surface area contributed by atoms with E-state index < -0.39 is 0 Å². The van der Waals surface area contributed by atoms with Crippen LogP contribution in [-0.2, 0) is 19.5 Å². The molecule has 136 valence electrons. The summed E-state index contributed by atoms with van der Waals surface area (Å²) in [6.45, 7) is 4.97. The van der Waals surface area contributed by atoms with E-state index in [2.05, 4.69) is 50.8 Å². The fourth-order valence-electron chi connectivity index (χ4n) is 2.60. The molecule has 0 aliphatic rings. The third kappa shape index (κ3) is 5.47. The number of benzene rings is 1. The van der Waals surface area contributed by atoms with Crippen molar-refractivity contribution in [1.82, 2.24) is 25.4 Å². The summed E-state index contributed by atoms with van der Waals surface area (Å²) in [5.41, 5.74) is 2.34. The summed E-state index contributed by atoms with van der Waals surface area (Å²) in [4.78, 5) is 8.64. The molecule has 3 aromatic rings. The summed E-state index contributed by atoms with van der Waals surface area (Å²) >= 11 is 0. The molecule has 0 saturated heterocycles. The first-order chi connectivity index (χ1) is 12.8. The van der Waals surface area contributed by atoms with Gasteiger partial charge in [0.15, 0.2) is 5.96 Å². The highest BCUT2D eigenvalue weighted by Crippen LogP contribution is 2.08. The second-order valence-corrected chi connectivity index (χ2v) is 5.86. The van der Waals surface area contributed by atoms with E-state index in [9.17, 15) is 0 Å². The summed E-state index contributed by atoms with van der Waals surface area (Å²) < 4.78 is 7.16. The molecule has 7 nitrogen and oxygen atoms in total. The number of nitrogens with zero attached hydrogens (tertiary/aromatic N) is 4. The zero-order chi connectivity index (χ0) is 18.0. The molecule has 2 heterocycles. The fraction of sp³-hybridized carbons (Fsp3) is 0.316. The van der Waals surface area contributed by atoms with Crippen molar-refractivity contribution in [2.45, 2.75) is 26.4 Å². The monoisotopic (exact) mass is 352 g/mol. The van der Waals surface area contributed by atoms with E-state index in [4.69, 9.17) is 4.42 Å². The second-order valence-electron chi connectivity index (χ2n) is 5.86. The summed E-state index contributed by atoms with van der Waals surface area (Å²) in [5.74, 6) is 1.77. The molecule has 26 heavy (non-hydrogen) atoms. The predicted octanol–water partition coefficient (Wildman–Crippen LogP) is 2.22. The van der Waals surface area contributed by atoms with Crippen LogP contribution in [0.3, 0.4) is 0 Å². The minimum absolute atomic E-state index is 0.612. The molecule has 0 bridgehead atoms. The quantitative estimate of drug-likeness (QED) is 0.480. The zero-order valence-electron chi connectivity index (χ0n) is 14.9. The molecule has 0 aliphatic carbocycles. The summed E-state index contributed by atoms with van der Waals surface area (Å²) in [6.07, 6.45) is 5.79. The van der Waals surface area contributed by atoms with Gasteiger partial charge in [0.25, 0.3) is 0 Å². The van der Waals surface area contributed by atoms with Crippen LogP contribution in [0.15, 0.2) is 64.7 Å². The normalized spacial score (nSPS) is 11.5. The Labute approximate surface area is 153 Å². The third-order valence-electron chi connectivity index (χ3n) is 3.81. The lowest BCUT2D eigenvalue weighted by Gasteiger charge is -2.11. The topological polar surface area (TPSA) is 80.3 Å². The number of hydrogen-bond donors (Lipinski definition) is 2. The third-order valence-corrected chi connectivity index (χ3v) is 3.81. The van der Waals surface area contributed by atoms with Gasteiger partial charge in [0.05, 0.1) is 19.4 Å². The smallest absolute Gasteiger partial charge is 0.191 e. The van der Waals surface area contributed by atoms with Crippen molar-refractivity contribution in [3.05, 3.63) is 72.2 Å². The Morgan fingerprint density at radius 1 is 1.19 bits per heavy atom. The van der Waals surface area contributed by atoms with E-state index >= 15 is 0 Å². The van der Waals surface area contributed by atoms with Crippen molar-refractivity contribution in [2.24, 2.45) is 4.99 Å². The van der Waals surface area contributed by atoms with E-state index in [1.807, 2.05) is 22.9 Å². The van der Waals surface area contributed by atoms with Crippen molar-refractivity contribution in [3.63, 3.8) is 0 Å². The van der Waals surface area contributed by atoms with Crippen LogP contribution in [0.2, 0.25) is 0 Å². The molecule has 0 atom stereocenters. The van der Waals surface area contributed by atoms with Crippen LogP contribution >= 0.6 is 0 Å². The number of nitrogens with one attached hydrogen (secondary N) is 2. The molecular formula is C19H24N6O. The average molecular weight is 352 g/mol. The Bertz CT molecular complexity index is 795. The first-order valence-corrected chi connectivity index (χ1v) is 8.78. The van der Waals surface area contributed by atoms with Crippen LogP contribution in [-0.4, -0.2) is 33.8 Å². The Balaban J connectivity index is 1.56. The van der Waals surface area contributed by atoms with Gasteiger partial charge in [0.2, 0.25) is 0 Å². The van der Waals surface area contributed by atoms with Gasteiger partial charge >= 0.3 is 0 Å². The number of guanidine groups is 1. The number of furan rings is 1. The molecule has 0 amide bonds. The van der Waals surface area contributed by atoms with E-state index in [1.165, 1.54) is 5.56 Å². The van der Waals surface area contributed by atoms with E-state index in [0.717, 1.165) is 36.8 Å². The molecule has 0 spiro atoms. The highest BCUT2D eigenvalue weighted by Gasteiger charge is 2.01. The van der Waals surface area contributed by atoms with Gasteiger partial charge in [0.1, 0.15) is 18.4 Å². The van der Waals surface area contributed by atoms with Gasteiger partial charge in [-0.05, 0) is 30.2 Å². The second kappa shape index (κ2) is 9.41. The maximum absolute atomic E-state index is 5.35. The number of rotatable bonds is 8. The lowest BCUT2D eigenvalue weighted by Crippen LogP contribution is -2.38. The zero-order valence-corrected chi connectivity index (χ0v) is 14.9. The maximum Gasteiger partial charge on any atom is 0.191 e. The lowest BCUT2D eigenvalue weighted by molar-refractivity contribution is 0.507. The van der Waals surface area contributed by atoms with Gasteiger partial charge in [-0.15, -0.1) is 0 Å². The highest BCUT2D eigenvalue weighted by molar-refractivity contribution is 5.79. The molecule has 0 aliphatic heterocycles. The van der Waals surface area contributed by atoms with Crippen LogP contribution in [0.5, 0.6) is 0 Å². The molecule has 3 rings (SSSR count). The number of aliphatic imine (C=N–C) groups is 1. The minimum atomic E-state index is 0.612. The summed E-state index contributed by atoms with van der Waals surface area (Å²) in [5, 5.41) is 10.8. The largest absolute Gasteiger partial charge is 0.469 e. The fourth-order valence-corrected chi connectivity index (χ4v) is 2.60. The molecule has 7 heteroatoms. The summed E-state index contributed by atoms with van der Waals surface area (Å²) in [6, 6.07) is 12.3. The van der Waals surface area contributed by atoms with Crippen molar-refractivity contribution >= 4 is 5.96 Å². The first kappa shape index (κ1) is 17.7. The molecule has 2 N–H and O–H groups in total. The molecule has 1 aromatic carbocycles. The maximum atomic E-state index is 5.35. The predicted molar refractivity (Wildman–Crippen MR) is 101 cm³/mol. The number of aromatic nitrogens is 3.